The van der Waals surface area contributed by atoms with Gasteiger partial charge in [0.1, 0.15) is 0 Å². The van der Waals surface area contributed by atoms with Gasteiger partial charge in [0.2, 0.25) is 0 Å². The van der Waals surface area contributed by atoms with E-state index in [-0.39, 0.29) is 58.9 Å². The van der Waals surface area contributed by atoms with Crippen molar-refractivity contribution in [2.75, 3.05) is 0 Å². The van der Waals surface area contributed by atoms with Crippen LogP contribution in [0.5, 0.6) is 0 Å². The summed E-state index contributed by atoms with van der Waals surface area (Å²) in [5.41, 5.74) is 11.0. The first kappa shape index (κ1) is 34.0. The first-order valence-corrected chi connectivity index (χ1v) is 11.7. The fraction of sp³-hybridized carbons (Fsp3) is 0.542. The Morgan fingerprint density at radius 1 is 0.759 bits per heavy atom. The number of halogens is 3. The van der Waals surface area contributed by atoms with E-state index in [1.54, 1.807) is 32.6 Å². The average molecular weight is 508 g/mol. The average Bonchev–Trinajstić information content (AvgIpc) is 2.97. The van der Waals surface area contributed by atoms with Crippen LogP contribution >= 0.6 is 0 Å². The van der Waals surface area contributed by atoms with Crippen LogP contribution in [-0.2, 0) is 34.6 Å². The Bertz CT molecular complexity index is 709. The van der Waals surface area contributed by atoms with Crippen LogP contribution in [0.1, 0.15) is 78.5 Å². The second-order valence-corrected chi connectivity index (χ2v) is 9.62. The topological polar surface area (TPSA) is 0 Å². The van der Waals surface area contributed by atoms with Gasteiger partial charge >= 0.3 is 21.7 Å². The minimum Gasteiger partial charge on any atom is -1.00 e. The van der Waals surface area contributed by atoms with Crippen LogP contribution in [0.15, 0.2) is 12.1 Å². The largest absolute Gasteiger partial charge is 4.00 e. The van der Waals surface area contributed by atoms with Crippen molar-refractivity contribution < 1.29 is 58.9 Å². The Labute approximate surface area is 215 Å². The zero-order valence-electron chi connectivity index (χ0n) is 19.2. The summed E-state index contributed by atoms with van der Waals surface area (Å²) in [6.07, 6.45) is 7.79. The Balaban J connectivity index is -0.00000169. The molecule has 0 fully saturated rings. The molecule has 0 aliphatic heterocycles. The fourth-order valence-corrected chi connectivity index (χ4v) is 6.62. The monoisotopic (exact) mass is 506 g/mol. The standard InChI is InChI=1S/C24H37Si.3ClH.Ti/c1-8-10-11-13-22-15-14-21(12-9-2)24(22)25-23-19(6)17(4)16(3)18(5)20(23)7;;;;/h14-15H,8-13,25H2,1-7H3;3*1H;/q-1;;;;+4/p-3. The summed E-state index contributed by atoms with van der Waals surface area (Å²) in [5, 5.41) is 3.48. The van der Waals surface area contributed by atoms with Crippen LogP contribution < -0.4 is 47.6 Å². The molecule has 0 atom stereocenters. The first-order valence-electron chi connectivity index (χ1n) is 10.2. The van der Waals surface area contributed by atoms with Crippen LogP contribution in [0.4, 0.5) is 0 Å². The molecule has 0 N–H and O–H groups in total. The fourth-order valence-electron chi connectivity index (χ4n) is 4.16. The Hall–Kier alpha value is 0.371. The van der Waals surface area contributed by atoms with Gasteiger partial charge in [0, 0.05) is 0 Å². The molecule has 0 bridgehead atoms. The molecule has 2 rings (SSSR count). The Morgan fingerprint density at radius 2 is 1.28 bits per heavy atom. The van der Waals surface area contributed by atoms with Crippen LogP contribution in [0.2, 0.25) is 0 Å². The molecule has 2 aromatic rings. The Kier molecular flexibility index (Phi) is 18.8. The van der Waals surface area contributed by atoms with Crippen molar-refractivity contribution in [3.05, 3.63) is 51.1 Å². The van der Waals surface area contributed by atoms with Crippen LogP contribution in [0, 0.1) is 34.6 Å². The van der Waals surface area contributed by atoms with E-state index in [4.69, 9.17) is 0 Å². The van der Waals surface area contributed by atoms with Gasteiger partial charge in [-0.2, -0.15) is 22.4 Å². The van der Waals surface area contributed by atoms with Gasteiger partial charge in [-0.25, -0.2) is 6.07 Å². The number of hydrogen-bond donors (Lipinski definition) is 0. The molecule has 162 valence electrons. The third kappa shape index (κ3) is 8.09. The molecule has 0 heterocycles. The van der Waals surface area contributed by atoms with Crippen LogP contribution in [0.25, 0.3) is 0 Å². The summed E-state index contributed by atoms with van der Waals surface area (Å²) in [6.45, 7) is 16.2. The quantitative estimate of drug-likeness (QED) is 0.193. The predicted molar refractivity (Wildman–Crippen MR) is 117 cm³/mol. The molecule has 0 aliphatic rings. The van der Waals surface area contributed by atoms with Crippen molar-refractivity contribution in [2.45, 2.75) is 87.0 Å². The zero-order valence-corrected chi connectivity index (χ0v) is 24.5. The molecule has 0 aliphatic carbocycles. The summed E-state index contributed by atoms with van der Waals surface area (Å²) in [6, 6.07) is 4.88. The van der Waals surface area contributed by atoms with Crippen molar-refractivity contribution in [3.63, 3.8) is 0 Å². The number of benzene rings is 1. The van der Waals surface area contributed by atoms with E-state index in [0.717, 1.165) is 0 Å². The maximum Gasteiger partial charge on any atom is 4.00 e. The normalized spacial score (nSPS) is 10.2. The maximum atomic E-state index is 2.45. The van der Waals surface area contributed by atoms with E-state index in [9.17, 15) is 0 Å². The molecule has 0 radical (unpaired) electrons. The number of hydrogen-bond acceptors (Lipinski definition) is 0. The van der Waals surface area contributed by atoms with Crippen molar-refractivity contribution in [3.8, 4) is 0 Å². The molecule has 0 saturated heterocycles. The predicted octanol–water partition coefficient (Wildman–Crippen LogP) is -4.24. The van der Waals surface area contributed by atoms with E-state index in [1.807, 2.05) is 0 Å². The summed E-state index contributed by atoms with van der Waals surface area (Å²) in [5.74, 6) is 0. The minimum atomic E-state index is -0.421. The minimum absolute atomic E-state index is 0. The third-order valence-corrected chi connectivity index (χ3v) is 9.01. The second-order valence-electron chi connectivity index (χ2n) is 7.85. The van der Waals surface area contributed by atoms with Crippen molar-refractivity contribution in [1.29, 1.82) is 0 Å². The van der Waals surface area contributed by atoms with Crippen LogP contribution in [-0.4, -0.2) is 9.52 Å². The van der Waals surface area contributed by atoms with E-state index in [2.05, 4.69) is 60.6 Å². The molecule has 2 aromatic carbocycles. The molecule has 5 heteroatoms. The van der Waals surface area contributed by atoms with Gasteiger partial charge in [-0.3, -0.25) is 0 Å². The third-order valence-electron chi connectivity index (χ3n) is 6.34. The number of aryl methyl sites for hydroxylation is 2. The molecule has 0 aromatic heterocycles. The second kappa shape index (κ2) is 16.1. The summed E-state index contributed by atoms with van der Waals surface area (Å²) >= 11 is 0. The van der Waals surface area contributed by atoms with E-state index in [0.29, 0.717) is 0 Å². The first-order chi connectivity index (χ1) is 11.9. The van der Waals surface area contributed by atoms with Gasteiger partial charge < -0.3 is 37.2 Å². The van der Waals surface area contributed by atoms with E-state index in [1.165, 1.54) is 55.2 Å². The zero-order chi connectivity index (χ0) is 18.6. The summed E-state index contributed by atoms with van der Waals surface area (Å²) in [7, 11) is -0.421. The van der Waals surface area contributed by atoms with Crippen LogP contribution in [0.3, 0.4) is 0 Å². The van der Waals surface area contributed by atoms with Gasteiger partial charge in [-0.05, 0) is 62.4 Å². The Morgan fingerprint density at radius 3 is 1.76 bits per heavy atom. The van der Waals surface area contributed by atoms with Gasteiger partial charge in [0.25, 0.3) is 0 Å². The summed E-state index contributed by atoms with van der Waals surface area (Å²) in [4.78, 5) is 0. The summed E-state index contributed by atoms with van der Waals surface area (Å²) < 4.78 is 0. The smallest absolute Gasteiger partial charge is 1.00 e. The molecule has 0 spiro atoms. The van der Waals surface area contributed by atoms with Gasteiger partial charge in [0.05, 0.1) is 9.52 Å². The SMILES string of the molecule is CCCCC[c-]1ccc(CCC)c1[SiH2]c1c(C)c(C)c(C)c(C)c1C.[Cl-].[Cl-].[Cl-].[Ti+4]. The van der Waals surface area contributed by atoms with Crippen molar-refractivity contribution in [2.24, 2.45) is 0 Å². The van der Waals surface area contributed by atoms with Crippen molar-refractivity contribution in [1.82, 2.24) is 0 Å². The molecular formula is C24H37Cl3SiTi. The van der Waals surface area contributed by atoms with Gasteiger partial charge in [0.15, 0.2) is 0 Å². The van der Waals surface area contributed by atoms with Gasteiger partial charge in [-0.15, -0.1) is 0 Å². The van der Waals surface area contributed by atoms with Gasteiger partial charge in [-0.1, -0.05) is 57.6 Å². The molecule has 0 unspecified atom stereocenters. The molecular weight excluding hydrogens is 471 g/mol. The molecule has 0 amide bonds. The maximum absolute atomic E-state index is 2.45. The van der Waals surface area contributed by atoms with E-state index >= 15 is 0 Å². The molecule has 0 saturated carbocycles. The molecule has 29 heavy (non-hydrogen) atoms. The number of rotatable bonds is 8. The van der Waals surface area contributed by atoms with E-state index < -0.39 is 9.52 Å². The molecule has 0 nitrogen and oxygen atoms in total. The number of unbranched alkanes of at least 4 members (excludes halogenated alkanes) is 2. The van der Waals surface area contributed by atoms with Crippen molar-refractivity contribution >= 4 is 19.9 Å².